The molecule has 0 saturated heterocycles. The van der Waals surface area contributed by atoms with Crippen molar-refractivity contribution < 1.29 is 4.79 Å². The normalized spacial score (nSPS) is 14.7. The number of rotatable bonds is 7. The van der Waals surface area contributed by atoms with Gasteiger partial charge >= 0.3 is 0 Å². The van der Waals surface area contributed by atoms with E-state index in [0.29, 0.717) is 17.8 Å². The molecule has 1 atom stereocenters. The first kappa shape index (κ1) is 14.4. The SMILES string of the molecule is CC(C)CCC(C=O)=CC(C)CC(C)C. The monoisotopic (exact) mass is 210 g/mol. The van der Waals surface area contributed by atoms with Crippen LogP contribution in [-0.2, 0) is 4.79 Å². The summed E-state index contributed by atoms with van der Waals surface area (Å²) in [6.07, 6.45) is 6.39. The number of aldehydes is 1. The lowest BCUT2D eigenvalue weighted by Crippen LogP contribution is -2.00. The lowest BCUT2D eigenvalue weighted by molar-refractivity contribution is -0.105. The Bertz CT molecular complexity index is 201. The zero-order chi connectivity index (χ0) is 11.8. The first-order valence-electron chi connectivity index (χ1n) is 6.11. The Balaban J connectivity index is 4.13. The van der Waals surface area contributed by atoms with E-state index in [0.717, 1.165) is 24.7 Å². The summed E-state index contributed by atoms with van der Waals surface area (Å²) >= 11 is 0. The van der Waals surface area contributed by atoms with Gasteiger partial charge in [0.25, 0.3) is 0 Å². The van der Waals surface area contributed by atoms with E-state index in [1.54, 1.807) is 0 Å². The van der Waals surface area contributed by atoms with Crippen LogP contribution in [-0.4, -0.2) is 6.29 Å². The summed E-state index contributed by atoms with van der Waals surface area (Å²) in [6, 6.07) is 0. The van der Waals surface area contributed by atoms with Gasteiger partial charge in [-0.25, -0.2) is 0 Å². The summed E-state index contributed by atoms with van der Waals surface area (Å²) in [5.74, 6) is 1.90. The zero-order valence-corrected chi connectivity index (χ0v) is 10.9. The topological polar surface area (TPSA) is 17.1 Å². The van der Waals surface area contributed by atoms with Gasteiger partial charge in [0.2, 0.25) is 0 Å². The lowest BCUT2D eigenvalue weighted by atomic mass is 9.94. The van der Waals surface area contributed by atoms with Gasteiger partial charge in [-0.3, -0.25) is 4.79 Å². The number of allylic oxidation sites excluding steroid dienone is 2. The fraction of sp³-hybridized carbons (Fsp3) is 0.786. The molecule has 1 heteroatoms. The maximum absolute atomic E-state index is 10.9. The molecule has 0 aromatic carbocycles. The summed E-state index contributed by atoms with van der Waals surface area (Å²) in [5, 5.41) is 0. The van der Waals surface area contributed by atoms with E-state index in [1.807, 2.05) is 0 Å². The molecule has 0 N–H and O–H groups in total. The van der Waals surface area contributed by atoms with Crippen LogP contribution in [0.3, 0.4) is 0 Å². The van der Waals surface area contributed by atoms with E-state index in [1.165, 1.54) is 6.42 Å². The smallest absolute Gasteiger partial charge is 0.145 e. The van der Waals surface area contributed by atoms with Crippen molar-refractivity contribution in [2.75, 3.05) is 0 Å². The van der Waals surface area contributed by atoms with Crippen LogP contribution in [0, 0.1) is 17.8 Å². The highest BCUT2D eigenvalue weighted by atomic mass is 16.1. The van der Waals surface area contributed by atoms with Crippen LogP contribution in [0.25, 0.3) is 0 Å². The summed E-state index contributed by atoms with van der Waals surface area (Å²) in [7, 11) is 0. The fourth-order valence-electron chi connectivity index (χ4n) is 1.81. The van der Waals surface area contributed by atoms with Gasteiger partial charge in [-0.05, 0) is 42.6 Å². The highest BCUT2D eigenvalue weighted by molar-refractivity contribution is 5.73. The van der Waals surface area contributed by atoms with E-state index in [2.05, 4.69) is 40.7 Å². The number of carbonyl (C=O) groups excluding carboxylic acids is 1. The van der Waals surface area contributed by atoms with E-state index in [-0.39, 0.29) is 0 Å². The zero-order valence-electron chi connectivity index (χ0n) is 10.9. The Kier molecular flexibility index (Phi) is 7.37. The second-order valence-corrected chi connectivity index (χ2v) is 5.40. The molecular weight excluding hydrogens is 184 g/mol. The third kappa shape index (κ3) is 8.41. The van der Waals surface area contributed by atoms with Gasteiger partial charge in [0.15, 0.2) is 0 Å². The third-order valence-electron chi connectivity index (χ3n) is 2.50. The van der Waals surface area contributed by atoms with Crippen LogP contribution in [0.15, 0.2) is 11.6 Å². The van der Waals surface area contributed by atoms with Crippen molar-refractivity contribution in [1.29, 1.82) is 0 Å². The molecule has 0 saturated carbocycles. The number of carbonyl (C=O) groups is 1. The minimum absolute atomic E-state index is 0.525. The summed E-state index contributed by atoms with van der Waals surface area (Å²) in [6.45, 7) is 11.0. The molecule has 15 heavy (non-hydrogen) atoms. The molecule has 0 spiro atoms. The molecule has 0 aliphatic rings. The molecule has 1 unspecified atom stereocenters. The second kappa shape index (κ2) is 7.67. The highest BCUT2D eigenvalue weighted by Gasteiger charge is 2.05. The van der Waals surface area contributed by atoms with Gasteiger partial charge in [-0.1, -0.05) is 40.7 Å². The van der Waals surface area contributed by atoms with Crippen molar-refractivity contribution in [2.45, 2.75) is 53.9 Å². The molecular formula is C14H26O. The van der Waals surface area contributed by atoms with Crippen LogP contribution in [0.4, 0.5) is 0 Å². The van der Waals surface area contributed by atoms with Crippen molar-refractivity contribution >= 4 is 6.29 Å². The van der Waals surface area contributed by atoms with Crippen LogP contribution in [0.5, 0.6) is 0 Å². The minimum Gasteiger partial charge on any atom is -0.298 e. The van der Waals surface area contributed by atoms with Crippen molar-refractivity contribution in [3.63, 3.8) is 0 Å². The lowest BCUT2D eigenvalue weighted by Gasteiger charge is -2.11. The fourth-order valence-corrected chi connectivity index (χ4v) is 1.81. The molecule has 1 nitrogen and oxygen atoms in total. The average Bonchev–Trinajstić information content (AvgIpc) is 2.10. The minimum atomic E-state index is 0.525. The molecule has 0 aliphatic heterocycles. The maximum atomic E-state index is 10.9. The van der Waals surface area contributed by atoms with Crippen LogP contribution < -0.4 is 0 Å². The standard InChI is InChI=1S/C14H26O/c1-11(2)6-7-14(10-15)9-13(5)8-12(3)4/h9-13H,6-8H2,1-5H3. The molecule has 0 radical (unpaired) electrons. The molecule has 0 fully saturated rings. The second-order valence-electron chi connectivity index (χ2n) is 5.40. The van der Waals surface area contributed by atoms with Gasteiger partial charge in [0.1, 0.15) is 6.29 Å². The molecule has 0 aromatic rings. The molecule has 0 amide bonds. The molecule has 0 aliphatic carbocycles. The number of hydrogen-bond donors (Lipinski definition) is 0. The van der Waals surface area contributed by atoms with Gasteiger partial charge < -0.3 is 0 Å². The Morgan fingerprint density at radius 2 is 1.67 bits per heavy atom. The average molecular weight is 210 g/mol. The number of hydrogen-bond acceptors (Lipinski definition) is 1. The molecule has 0 heterocycles. The first-order valence-corrected chi connectivity index (χ1v) is 6.11. The van der Waals surface area contributed by atoms with Crippen molar-refractivity contribution in [3.05, 3.63) is 11.6 Å². The molecule has 88 valence electrons. The summed E-state index contributed by atoms with van der Waals surface area (Å²) in [5.41, 5.74) is 0.983. The molecule has 0 bridgehead atoms. The largest absolute Gasteiger partial charge is 0.298 e. The van der Waals surface area contributed by atoms with Crippen LogP contribution in [0.1, 0.15) is 53.9 Å². The van der Waals surface area contributed by atoms with Crippen LogP contribution in [0.2, 0.25) is 0 Å². The predicted molar refractivity (Wildman–Crippen MR) is 66.8 cm³/mol. The van der Waals surface area contributed by atoms with E-state index in [4.69, 9.17) is 0 Å². The van der Waals surface area contributed by atoms with Gasteiger partial charge in [0, 0.05) is 0 Å². The van der Waals surface area contributed by atoms with Gasteiger partial charge in [0.05, 0.1) is 0 Å². The van der Waals surface area contributed by atoms with E-state index < -0.39 is 0 Å². The van der Waals surface area contributed by atoms with Crippen molar-refractivity contribution in [2.24, 2.45) is 17.8 Å². The van der Waals surface area contributed by atoms with E-state index >= 15 is 0 Å². The molecule has 0 aromatic heterocycles. The van der Waals surface area contributed by atoms with Gasteiger partial charge in [-0.15, -0.1) is 0 Å². The summed E-state index contributed by atoms with van der Waals surface area (Å²) in [4.78, 5) is 10.9. The Labute approximate surface area is 95.0 Å². The van der Waals surface area contributed by atoms with Crippen LogP contribution >= 0.6 is 0 Å². The highest BCUT2D eigenvalue weighted by Crippen LogP contribution is 2.17. The van der Waals surface area contributed by atoms with Crippen molar-refractivity contribution in [3.8, 4) is 0 Å². The summed E-state index contributed by atoms with van der Waals surface area (Å²) < 4.78 is 0. The molecule has 0 rings (SSSR count). The quantitative estimate of drug-likeness (QED) is 0.454. The maximum Gasteiger partial charge on any atom is 0.145 e. The van der Waals surface area contributed by atoms with Gasteiger partial charge in [-0.2, -0.15) is 0 Å². The van der Waals surface area contributed by atoms with Crippen molar-refractivity contribution in [1.82, 2.24) is 0 Å². The van der Waals surface area contributed by atoms with E-state index in [9.17, 15) is 4.79 Å². The Hall–Kier alpha value is -0.590. The first-order chi connectivity index (χ1) is 6.95. The Morgan fingerprint density at radius 1 is 1.07 bits per heavy atom. The third-order valence-corrected chi connectivity index (χ3v) is 2.50. The predicted octanol–water partition coefficient (Wildman–Crippen LogP) is 4.23. The Morgan fingerprint density at radius 3 is 2.07 bits per heavy atom.